The predicted molar refractivity (Wildman–Crippen MR) is 77.4 cm³/mol. The molecule has 1 atom stereocenters. The first-order chi connectivity index (χ1) is 10.1. The number of amides is 1. The minimum Gasteiger partial charge on any atom is -0.478 e. The van der Waals surface area contributed by atoms with Gasteiger partial charge in [-0.25, -0.2) is 9.78 Å². The van der Waals surface area contributed by atoms with E-state index in [9.17, 15) is 14.7 Å². The van der Waals surface area contributed by atoms with E-state index < -0.39 is 5.97 Å². The van der Waals surface area contributed by atoms with Gasteiger partial charge in [0.15, 0.2) is 0 Å². The van der Waals surface area contributed by atoms with Gasteiger partial charge in [-0.15, -0.1) is 0 Å². The number of nitrogens with one attached hydrogen (secondary N) is 1. The number of carboxylic acids is 1. The van der Waals surface area contributed by atoms with Gasteiger partial charge in [0.05, 0.1) is 22.6 Å². The first-order valence-electron chi connectivity index (χ1n) is 7.11. The molecule has 2 N–H and O–H groups in total. The van der Waals surface area contributed by atoms with Crippen molar-refractivity contribution in [1.29, 1.82) is 0 Å². The molecule has 1 aliphatic heterocycles. The Kier molecular flexibility index (Phi) is 3.37. The van der Waals surface area contributed by atoms with Crippen molar-refractivity contribution < 1.29 is 14.7 Å². The molecule has 0 saturated carbocycles. The zero-order valence-corrected chi connectivity index (χ0v) is 11.8. The Hall–Kier alpha value is -2.37. The van der Waals surface area contributed by atoms with Gasteiger partial charge in [0.2, 0.25) is 5.91 Å². The van der Waals surface area contributed by atoms with Crippen molar-refractivity contribution in [3.8, 4) is 0 Å². The number of hydrogen-bond acceptors (Lipinski definition) is 3. The first kappa shape index (κ1) is 13.6. The predicted octanol–water partition coefficient (Wildman–Crippen LogP) is 1.75. The summed E-state index contributed by atoms with van der Waals surface area (Å²) in [6, 6.07) is 5.21. The number of benzene rings is 1. The summed E-state index contributed by atoms with van der Waals surface area (Å²) in [4.78, 5) is 27.4. The van der Waals surface area contributed by atoms with Crippen LogP contribution in [0.25, 0.3) is 11.0 Å². The van der Waals surface area contributed by atoms with E-state index in [2.05, 4.69) is 10.3 Å². The number of imidazole rings is 1. The SMILES string of the molecule is CCc1nc2cccc(C(=O)O)c2n1C1CCC(=O)NC1. The number of carboxylic acid groups (broad SMARTS) is 1. The number of hydrogen-bond donors (Lipinski definition) is 2. The molecule has 0 bridgehead atoms. The summed E-state index contributed by atoms with van der Waals surface area (Å²) >= 11 is 0. The molecule has 3 rings (SSSR count). The molecule has 1 saturated heterocycles. The number of nitrogens with zero attached hydrogens (tertiary/aromatic N) is 2. The minimum absolute atomic E-state index is 0.0483. The quantitative estimate of drug-likeness (QED) is 0.900. The topological polar surface area (TPSA) is 84.2 Å². The Morgan fingerprint density at radius 1 is 1.52 bits per heavy atom. The minimum atomic E-state index is -0.954. The number of piperidine rings is 1. The van der Waals surface area contributed by atoms with Gasteiger partial charge in [0.25, 0.3) is 0 Å². The van der Waals surface area contributed by atoms with E-state index in [1.54, 1.807) is 12.1 Å². The normalized spacial score (nSPS) is 18.7. The van der Waals surface area contributed by atoms with Crippen LogP contribution in [-0.2, 0) is 11.2 Å². The van der Waals surface area contributed by atoms with Gasteiger partial charge in [-0.05, 0) is 18.6 Å². The molecule has 6 heteroatoms. The molecule has 1 amide bonds. The number of carbonyl (C=O) groups excluding carboxylic acids is 1. The lowest BCUT2D eigenvalue weighted by molar-refractivity contribution is -0.122. The third-order valence-corrected chi connectivity index (χ3v) is 3.93. The summed E-state index contributed by atoms with van der Waals surface area (Å²) in [6.45, 7) is 2.52. The van der Waals surface area contributed by atoms with Crippen molar-refractivity contribution in [2.24, 2.45) is 0 Å². The number of rotatable bonds is 3. The third-order valence-electron chi connectivity index (χ3n) is 3.93. The summed E-state index contributed by atoms with van der Waals surface area (Å²) in [5, 5.41) is 12.3. The Labute approximate surface area is 121 Å². The van der Waals surface area contributed by atoms with Crippen molar-refractivity contribution in [3.05, 3.63) is 29.6 Å². The fraction of sp³-hybridized carbons (Fsp3) is 0.400. The molecule has 0 spiro atoms. The lowest BCUT2D eigenvalue weighted by Crippen LogP contribution is -2.36. The highest BCUT2D eigenvalue weighted by Crippen LogP contribution is 2.28. The lowest BCUT2D eigenvalue weighted by Gasteiger charge is -2.26. The molecule has 1 aromatic heterocycles. The highest BCUT2D eigenvalue weighted by Gasteiger charge is 2.25. The second kappa shape index (κ2) is 5.20. The van der Waals surface area contributed by atoms with E-state index >= 15 is 0 Å². The second-order valence-electron chi connectivity index (χ2n) is 5.23. The molecule has 110 valence electrons. The van der Waals surface area contributed by atoms with Crippen molar-refractivity contribution >= 4 is 22.9 Å². The van der Waals surface area contributed by atoms with Gasteiger partial charge in [-0.2, -0.15) is 0 Å². The van der Waals surface area contributed by atoms with Crippen LogP contribution in [0.1, 0.15) is 42.0 Å². The van der Waals surface area contributed by atoms with E-state index in [4.69, 9.17) is 0 Å². The van der Waals surface area contributed by atoms with Crippen molar-refractivity contribution in [3.63, 3.8) is 0 Å². The maximum Gasteiger partial charge on any atom is 0.337 e. The van der Waals surface area contributed by atoms with E-state index in [1.165, 1.54) is 0 Å². The van der Waals surface area contributed by atoms with Crippen molar-refractivity contribution in [2.75, 3.05) is 6.54 Å². The van der Waals surface area contributed by atoms with Crippen LogP contribution in [-0.4, -0.2) is 33.1 Å². The molecule has 1 unspecified atom stereocenters. The molecular weight excluding hydrogens is 270 g/mol. The monoisotopic (exact) mass is 287 g/mol. The molecule has 2 aromatic rings. The summed E-state index contributed by atoms with van der Waals surface area (Å²) in [7, 11) is 0. The van der Waals surface area contributed by atoms with Gasteiger partial charge in [0, 0.05) is 19.4 Å². The van der Waals surface area contributed by atoms with Crippen LogP contribution in [0, 0.1) is 0 Å². The molecule has 1 aliphatic rings. The van der Waals surface area contributed by atoms with E-state index in [0.29, 0.717) is 30.4 Å². The maximum atomic E-state index is 11.5. The summed E-state index contributed by atoms with van der Waals surface area (Å²) in [5.41, 5.74) is 1.61. The number of para-hydroxylation sites is 1. The van der Waals surface area contributed by atoms with Gasteiger partial charge < -0.3 is 15.0 Å². The van der Waals surface area contributed by atoms with E-state index in [0.717, 1.165) is 12.2 Å². The van der Waals surface area contributed by atoms with Crippen LogP contribution in [0.3, 0.4) is 0 Å². The third kappa shape index (κ3) is 2.26. The number of aryl methyl sites for hydroxylation is 1. The Morgan fingerprint density at radius 2 is 2.33 bits per heavy atom. The number of carbonyl (C=O) groups is 2. The smallest absolute Gasteiger partial charge is 0.337 e. The molecule has 1 fully saturated rings. The van der Waals surface area contributed by atoms with Crippen LogP contribution in [0.15, 0.2) is 18.2 Å². The fourth-order valence-electron chi connectivity index (χ4n) is 2.95. The first-order valence-corrected chi connectivity index (χ1v) is 7.11. The van der Waals surface area contributed by atoms with Crippen LogP contribution in [0.4, 0.5) is 0 Å². The molecule has 0 aliphatic carbocycles. The molecule has 1 aromatic carbocycles. The molecule has 2 heterocycles. The summed E-state index contributed by atoms with van der Waals surface area (Å²) in [6.07, 6.45) is 1.89. The standard InChI is InChI=1S/C15H17N3O3/c1-2-12-17-11-5-3-4-10(15(20)21)14(11)18(12)9-6-7-13(19)16-8-9/h3-5,9H,2,6-8H2,1H3,(H,16,19)(H,20,21). The number of aromatic carboxylic acids is 1. The maximum absolute atomic E-state index is 11.5. The highest BCUT2D eigenvalue weighted by molar-refractivity contribution is 6.01. The molecule has 21 heavy (non-hydrogen) atoms. The largest absolute Gasteiger partial charge is 0.478 e. The summed E-state index contributed by atoms with van der Waals surface area (Å²) in [5.74, 6) is -0.0451. The number of aromatic nitrogens is 2. The Bertz CT molecular complexity index is 710. The van der Waals surface area contributed by atoms with Gasteiger partial charge in [-0.1, -0.05) is 13.0 Å². The van der Waals surface area contributed by atoms with Gasteiger partial charge in [-0.3, -0.25) is 4.79 Å². The van der Waals surface area contributed by atoms with E-state index in [-0.39, 0.29) is 17.5 Å². The average molecular weight is 287 g/mol. The highest BCUT2D eigenvalue weighted by atomic mass is 16.4. The fourth-order valence-corrected chi connectivity index (χ4v) is 2.95. The zero-order valence-electron chi connectivity index (χ0n) is 11.8. The van der Waals surface area contributed by atoms with Crippen LogP contribution >= 0.6 is 0 Å². The molecular formula is C15H17N3O3. The van der Waals surface area contributed by atoms with Crippen molar-refractivity contribution in [2.45, 2.75) is 32.2 Å². The second-order valence-corrected chi connectivity index (χ2v) is 5.23. The van der Waals surface area contributed by atoms with Crippen LogP contribution in [0.2, 0.25) is 0 Å². The van der Waals surface area contributed by atoms with Crippen molar-refractivity contribution in [1.82, 2.24) is 14.9 Å². The lowest BCUT2D eigenvalue weighted by atomic mass is 10.1. The van der Waals surface area contributed by atoms with Crippen LogP contribution < -0.4 is 5.32 Å². The van der Waals surface area contributed by atoms with Crippen LogP contribution in [0.5, 0.6) is 0 Å². The Balaban J connectivity index is 2.19. The number of fused-ring (bicyclic) bond motifs is 1. The molecule has 6 nitrogen and oxygen atoms in total. The zero-order chi connectivity index (χ0) is 15.0. The van der Waals surface area contributed by atoms with E-state index in [1.807, 2.05) is 17.6 Å². The molecule has 0 radical (unpaired) electrons. The summed E-state index contributed by atoms with van der Waals surface area (Å²) < 4.78 is 2.00. The van der Waals surface area contributed by atoms with Gasteiger partial charge in [0.1, 0.15) is 5.82 Å². The average Bonchev–Trinajstić information content (AvgIpc) is 2.86. The van der Waals surface area contributed by atoms with Gasteiger partial charge >= 0.3 is 5.97 Å². The Morgan fingerprint density at radius 3 is 2.95 bits per heavy atom.